The summed E-state index contributed by atoms with van der Waals surface area (Å²) in [4.78, 5) is 3.71. The van der Waals surface area contributed by atoms with Crippen molar-refractivity contribution in [2.75, 3.05) is 0 Å². The molecule has 1 rings (SSSR count). The van der Waals surface area contributed by atoms with Crippen LogP contribution in [0.25, 0.3) is 0 Å². The van der Waals surface area contributed by atoms with Crippen molar-refractivity contribution in [3.8, 4) is 0 Å². The Kier molecular flexibility index (Phi) is 3.03. The van der Waals surface area contributed by atoms with Crippen molar-refractivity contribution in [1.29, 1.82) is 0 Å². The quantitative estimate of drug-likeness (QED) is 0.790. The van der Waals surface area contributed by atoms with Crippen LogP contribution in [0.15, 0.2) is 18.3 Å². The fourth-order valence-corrected chi connectivity index (χ4v) is 1.66. The summed E-state index contributed by atoms with van der Waals surface area (Å²) in [7, 11) is -5.10. The minimum absolute atomic E-state index is 0.0259. The second kappa shape index (κ2) is 3.80. The van der Waals surface area contributed by atoms with E-state index in [1.165, 1.54) is 12.1 Å². The maximum absolute atomic E-state index is 12.0. The topological polar surface area (TPSA) is 47.0 Å². The first-order valence-electron chi connectivity index (χ1n) is 3.93. The molecule has 0 saturated carbocycles. The Balaban J connectivity index is 2.93. The molecule has 0 amide bonds. The highest BCUT2D eigenvalue weighted by atomic mass is 32.2. The number of alkyl halides is 3. The van der Waals surface area contributed by atoms with E-state index in [1.807, 2.05) is 0 Å². The fourth-order valence-electron chi connectivity index (χ4n) is 0.885. The molecule has 0 radical (unpaired) electrons. The van der Waals surface area contributed by atoms with Gasteiger partial charge in [0, 0.05) is 11.9 Å². The standard InChI is InChI=1S/C8H8F3NO2S/c1-6-2-3-7(4-12-6)5-15(13,14)8(9,10)11/h2-4H,5H2,1H3. The molecule has 15 heavy (non-hydrogen) atoms. The Hall–Kier alpha value is -1.11. The van der Waals surface area contributed by atoms with Crippen LogP contribution in [0, 0.1) is 6.92 Å². The van der Waals surface area contributed by atoms with E-state index in [1.54, 1.807) is 6.92 Å². The highest BCUT2D eigenvalue weighted by Crippen LogP contribution is 2.26. The molecule has 0 N–H and O–H groups in total. The number of halogens is 3. The molecule has 1 aromatic rings. The normalized spacial score (nSPS) is 12.8. The molecule has 0 fully saturated rings. The van der Waals surface area contributed by atoms with Crippen LogP contribution in [0.1, 0.15) is 11.3 Å². The van der Waals surface area contributed by atoms with Gasteiger partial charge < -0.3 is 0 Å². The summed E-state index contributed by atoms with van der Waals surface area (Å²) in [6.45, 7) is 1.65. The third-order valence-corrected chi connectivity index (χ3v) is 3.10. The number of pyridine rings is 1. The minimum Gasteiger partial charge on any atom is -0.261 e. The van der Waals surface area contributed by atoms with Gasteiger partial charge in [-0.25, -0.2) is 8.42 Å². The number of hydrogen-bond donors (Lipinski definition) is 0. The van der Waals surface area contributed by atoms with E-state index in [9.17, 15) is 21.6 Å². The van der Waals surface area contributed by atoms with Crippen LogP contribution >= 0.6 is 0 Å². The van der Waals surface area contributed by atoms with Crippen LogP contribution < -0.4 is 0 Å². The smallest absolute Gasteiger partial charge is 0.261 e. The Morgan fingerprint density at radius 3 is 2.33 bits per heavy atom. The number of aryl methyl sites for hydroxylation is 1. The number of nitrogens with zero attached hydrogens (tertiary/aromatic N) is 1. The molecular weight excluding hydrogens is 231 g/mol. The molecule has 0 aromatic carbocycles. The summed E-state index contributed by atoms with van der Waals surface area (Å²) in [5, 5.41) is 0. The van der Waals surface area contributed by atoms with Crippen LogP contribution in [-0.4, -0.2) is 18.9 Å². The third-order valence-electron chi connectivity index (χ3n) is 1.68. The predicted molar refractivity (Wildman–Crippen MR) is 47.7 cm³/mol. The highest BCUT2D eigenvalue weighted by Gasteiger charge is 2.45. The van der Waals surface area contributed by atoms with Gasteiger partial charge in [0.1, 0.15) is 0 Å². The molecule has 1 heterocycles. The van der Waals surface area contributed by atoms with Gasteiger partial charge >= 0.3 is 5.51 Å². The second-order valence-electron chi connectivity index (χ2n) is 3.01. The summed E-state index contributed by atoms with van der Waals surface area (Å²) < 4.78 is 57.5. The Bertz CT molecular complexity index is 436. The zero-order valence-corrected chi connectivity index (χ0v) is 8.56. The van der Waals surface area contributed by atoms with E-state index in [0.717, 1.165) is 6.20 Å². The van der Waals surface area contributed by atoms with E-state index in [2.05, 4.69) is 4.98 Å². The lowest BCUT2D eigenvalue weighted by molar-refractivity contribution is -0.0437. The molecule has 0 aliphatic rings. The van der Waals surface area contributed by atoms with Gasteiger partial charge in [-0.1, -0.05) is 6.07 Å². The number of hydrogen-bond acceptors (Lipinski definition) is 3. The first-order chi connectivity index (χ1) is 6.72. The minimum atomic E-state index is -5.21. The molecule has 3 nitrogen and oxygen atoms in total. The average Bonchev–Trinajstić information content (AvgIpc) is 2.06. The van der Waals surface area contributed by atoms with E-state index >= 15 is 0 Å². The van der Waals surface area contributed by atoms with Crippen molar-refractivity contribution in [3.05, 3.63) is 29.6 Å². The van der Waals surface area contributed by atoms with E-state index in [-0.39, 0.29) is 5.56 Å². The van der Waals surface area contributed by atoms with Crippen LogP contribution in [-0.2, 0) is 15.6 Å². The van der Waals surface area contributed by atoms with Crippen LogP contribution in [0.5, 0.6) is 0 Å². The maximum atomic E-state index is 12.0. The van der Waals surface area contributed by atoms with Gasteiger partial charge in [0.25, 0.3) is 9.84 Å². The molecule has 0 unspecified atom stereocenters. The van der Waals surface area contributed by atoms with Gasteiger partial charge in [-0.2, -0.15) is 13.2 Å². The molecule has 0 aliphatic heterocycles. The first kappa shape index (κ1) is 12.0. The van der Waals surface area contributed by atoms with Crippen molar-refractivity contribution in [3.63, 3.8) is 0 Å². The van der Waals surface area contributed by atoms with E-state index < -0.39 is 21.1 Å². The van der Waals surface area contributed by atoms with Crippen molar-refractivity contribution < 1.29 is 21.6 Å². The van der Waals surface area contributed by atoms with Crippen molar-refractivity contribution in [2.24, 2.45) is 0 Å². The zero-order valence-electron chi connectivity index (χ0n) is 7.75. The Morgan fingerprint density at radius 1 is 1.33 bits per heavy atom. The number of aromatic nitrogens is 1. The summed E-state index contributed by atoms with van der Waals surface area (Å²) in [6, 6.07) is 2.77. The van der Waals surface area contributed by atoms with Crippen molar-refractivity contribution in [1.82, 2.24) is 4.98 Å². The predicted octanol–water partition coefficient (Wildman–Crippen LogP) is 1.82. The van der Waals surface area contributed by atoms with Gasteiger partial charge in [0.15, 0.2) is 0 Å². The molecule has 84 valence electrons. The lowest BCUT2D eigenvalue weighted by Crippen LogP contribution is -2.24. The van der Waals surface area contributed by atoms with Gasteiger partial charge in [-0.05, 0) is 18.6 Å². The lowest BCUT2D eigenvalue weighted by atomic mass is 10.3. The Labute approximate surface area is 84.9 Å². The van der Waals surface area contributed by atoms with E-state index in [0.29, 0.717) is 5.69 Å². The third kappa shape index (κ3) is 2.92. The highest BCUT2D eigenvalue weighted by molar-refractivity contribution is 7.91. The SMILES string of the molecule is Cc1ccc(CS(=O)(=O)C(F)(F)F)cn1. The van der Waals surface area contributed by atoms with Crippen LogP contribution in [0.2, 0.25) is 0 Å². The number of sulfone groups is 1. The summed E-state index contributed by atoms with van der Waals surface area (Å²) >= 11 is 0. The molecule has 0 aliphatic carbocycles. The average molecular weight is 239 g/mol. The molecule has 0 spiro atoms. The maximum Gasteiger partial charge on any atom is 0.497 e. The monoisotopic (exact) mass is 239 g/mol. The summed E-state index contributed by atoms with van der Waals surface area (Å²) in [6.07, 6.45) is 1.12. The van der Waals surface area contributed by atoms with Gasteiger partial charge in [0.05, 0.1) is 5.75 Å². The van der Waals surface area contributed by atoms with E-state index in [4.69, 9.17) is 0 Å². The molecule has 7 heteroatoms. The molecule has 0 bridgehead atoms. The van der Waals surface area contributed by atoms with Crippen LogP contribution in [0.3, 0.4) is 0 Å². The molecule has 0 saturated heterocycles. The first-order valence-corrected chi connectivity index (χ1v) is 5.58. The second-order valence-corrected chi connectivity index (χ2v) is 4.99. The van der Waals surface area contributed by atoms with Gasteiger partial charge in [0.2, 0.25) is 0 Å². The summed E-state index contributed by atoms with van der Waals surface area (Å²) in [5.41, 5.74) is -4.57. The fraction of sp³-hybridized carbons (Fsp3) is 0.375. The molecule has 0 atom stereocenters. The summed E-state index contributed by atoms with van der Waals surface area (Å²) in [5.74, 6) is -1.07. The van der Waals surface area contributed by atoms with Crippen molar-refractivity contribution >= 4 is 9.84 Å². The zero-order chi connectivity index (χ0) is 11.7. The van der Waals surface area contributed by atoms with Crippen molar-refractivity contribution in [2.45, 2.75) is 18.2 Å². The lowest BCUT2D eigenvalue weighted by Gasteiger charge is -2.07. The van der Waals surface area contributed by atoms with Gasteiger partial charge in [-0.15, -0.1) is 0 Å². The van der Waals surface area contributed by atoms with Crippen LogP contribution in [0.4, 0.5) is 13.2 Å². The van der Waals surface area contributed by atoms with Gasteiger partial charge in [-0.3, -0.25) is 4.98 Å². The molecule has 1 aromatic heterocycles. The molecular formula is C8H8F3NO2S. The number of rotatable bonds is 2. The Morgan fingerprint density at radius 2 is 1.93 bits per heavy atom. The largest absolute Gasteiger partial charge is 0.497 e.